The quantitative estimate of drug-likeness (QED) is 0.828. The van der Waals surface area contributed by atoms with E-state index in [0.29, 0.717) is 0 Å². The molecule has 1 aromatic carbocycles. The van der Waals surface area contributed by atoms with Crippen molar-refractivity contribution in [3.63, 3.8) is 0 Å². The van der Waals surface area contributed by atoms with Crippen molar-refractivity contribution in [2.75, 3.05) is 17.6 Å². The topological polar surface area (TPSA) is 50.9 Å². The van der Waals surface area contributed by atoms with Crippen LogP contribution in [0.25, 0.3) is 10.2 Å². The standard InChI is InChI=1S/C14H18N3S/c15-11-6-7-12-13(8-11)18-14(17-12)16-9-10-4-2-1-3-5-10/h6,8,10H,1-5,9,15H2,(H,16,17). The maximum absolute atomic E-state index is 5.75. The third-order valence-electron chi connectivity index (χ3n) is 3.59. The number of aromatic nitrogens is 1. The number of fused-ring (bicyclic) bond motifs is 1. The Morgan fingerprint density at radius 2 is 2.22 bits per heavy atom. The summed E-state index contributed by atoms with van der Waals surface area (Å²) in [5, 5.41) is 4.47. The van der Waals surface area contributed by atoms with Gasteiger partial charge in [-0.25, -0.2) is 4.98 Å². The van der Waals surface area contributed by atoms with Gasteiger partial charge in [0.15, 0.2) is 5.13 Å². The summed E-state index contributed by atoms with van der Waals surface area (Å²) in [7, 11) is 0. The van der Waals surface area contributed by atoms with E-state index in [4.69, 9.17) is 5.73 Å². The molecule has 2 aromatic rings. The van der Waals surface area contributed by atoms with Gasteiger partial charge < -0.3 is 11.1 Å². The third kappa shape index (κ3) is 2.58. The second-order valence-electron chi connectivity index (χ2n) is 5.05. The number of nitrogens with zero attached hydrogens (tertiary/aromatic N) is 1. The molecule has 0 unspecified atom stereocenters. The van der Waals surface area contributed by atoms with Gasteiger partial charge >= 0.3 is 0 Å². The first kappa shape index (κ1) is 11.8. The van der Waals surface area contributed by atoms with Gasteiger partial charge in [-0.15, -0.1) is 0 Å². The normalized spacial score (nSPS) is 17.1. The molecule has 3 N–H and O–H groups in total. The molecule has 18 heavy (non-hydrogen) atoms. The number of nitrogens with two attached hydrogens (primary N) is 1. The Bertz CT molecular complexity index is 529. The minimum atomic E-state index is 0.755. The van der Waals surface area contributed by atoms with Crippen LogP contribution in [-0.4, -0.2) is 11.5 Å². The van der Waals surface area contributed by atoms with Gasteiger partial charge in [0.25, 0.3) is 0 Å². The molecule has 1 fully saturated rings. The Hall–Kier alpha value is -1.29. The minimum absolute atomic E-state index is 0.755. The van der Waals surface area contributed by atoms with Crippen LogP contribution in [0.2, 0.25) is 0 Å². The average Bonchev–Trinajstić information content (AvgIpc) is 2.79. The van der Waals surface area contributed by atoms with Crippen LogP contribution in [-0.2, 0) is 0 Å². The van der Waals surface area contributed by atoms with E-state index in [-0.39, 0.29) is 0 Å². The molecule has 0 bridgehead atoms. The van der Waals surface area contributed by atoms with Crippen molar-refractivity contribution in [2.24, 2.45) is 5.92 Å². The van der Waals surface area contributed by atoms with Gasteiger partial charge in [0.05, 0.1) is 10.2 Å². The SMILES string of the molecule is Nc1c[c]c2nc(NCC3CCCCC3)sc2c1. The molecule has 1 radical (unpaired) electrons. The lowest BCUT2D eigenvalue weighted by Gasteiger charge is -2.21. The van der Waals surface area contributed by atoms with E-state index in [1.165, 1.54) is 32.1 Å². The van der Waals surface area contributed by atoms with Crippen molar-refractivity contribution in [1.82, 2.24) is 4.98 Å². The molecule has 1 aliphatic carbocycles. The fourth-order valence-corrected chi connectivity index (χ4v) is 3.47. The van der Waals surface area contributed by atoms with Crippen molar-refractivity contribution in [3.8, 4) is 0 Å². The summed E-state index contributed by atoms with van der Waals surface area (Å²) >= 11 is 1.67. The number of thiazole rings is 1. The van der Waals surface area contributed by atoms with Crippen molar-refractivity contribution in [1.29, 1.82) is 0 Å². The highest BCUT2D eigenvalue weighted by Gasteiger charge is 2.13. The fourth-order valence-electron chi connectivity index (χ4n) is 2.58. The highest BCUT2D eigenvalue weighted by molar-refractivity contribution is 7.22. The van der Waals surface area contributed by atoms with Crippen LogP contribution in [0, 0.1) is 12.0 Å². The molecule has 0 spiro atoms. The Balaban J connectivity index is 1.67. The molecule has 1 heterocycles. The summed E-state index contributed by atoms with van der Waals surface area (Å²) in [6.07, 6.45) is 6.90. The van der Waals surface area contributed by atoms with E-state index in [2.05, 4.69) is 16.4 Å². The predicted molar refractivity (Wildman–Crippen MR) is 77.9 cm³/mol. The largest absolute Gasteiger partial charge is 0.399 e. The van der Waals surface area contributed by atoms with Gasteiger partial charge in [-0.05, 0) is 30.9 Å². The van der Waals surface area contributed by atoms with E-state index < -0.39 is 0 Å². The number of rotatable bonds is 3. The van der Waals surface area contributed by atoms with Gasteiger partial charge in [-0.3, -0.25) is 0 Å². The number of hydrogen-bond acceptors (Lipinski definition) is 4. The zero-order valence-electron chi connectivity index (χ0n) is 10.4. The molecule has 0 aliphatic heterocycles. The lowest BCUT2D eigenvalue weighted by atomic mass is 9.89. The van der Waals surface area contributed by atoms with Gasteiger partial charge in [0.2, 0.25) is 0 Å². The molecular weight excluding hydrogens is 242 g/mol. The zero-order valence-corrected chi connectivity index (χ0v) is 11.2. The fraction of sp³-hybridized carbons (Fsp3) is 0.500. The summed E-state index contributed by atoms with van der Waals surface area (Å²) in [6.45, 7) is 1.05. The number of hydrogen-bond donors (Lipinski definition) is 2. The molecule has 95 valence electrons. The number of nitrogen functional groups attached to an aromatic ring is 1. The van der Waals surface area contributed by atoms with E-state index in [1.54, 1.807) is 17.4 Å². The van der Waals surface area contributed by atoms with Crippen LogP contribution < -0.4 is 11.1 Å². The molecule has 1 aliphatic rings. The van der Waals surface area contributed by atoms with Crippen molar-refractivity contribution in [3.05, 3.63) is 18.2 Å². The van der Waals surface area contributed by atoms with Crippen LogP contribution in [0.1, 0.15) is 32.1 Å². The molecule has 0 saturated heterocycles. The van der Waals surface area contributed by atoms with Crippen LogP contribution in [0.4, 0.5) is 10.8 Å². The number of benzene rings is 1. The van der Waals surface area contributed by atoms with Crippen molar-refractivity contribution >= 4 is 32.4 Å². The van der Waals surface area contributed by atoms with Crippen molar-refractivity contribution in [2.45, 2.75) is 32.1 Å². The van der Waals surface area contributed by atoms with Crippen molar-refractivity contribution < 1.29 is 0 Å². The first-order valence-corrected chi connectivity index (χ1v) is 7.44. The molecular formula is C14H18N3S. The van der Waals surface area contributed by atoms with E-state index in [0.717, 1.165) is 33.5 Å². The minimum Gasteiger partial charge on any atom is -0.399 e. The number of nitrogens with one attached hydrogen (secondary N) is 1. The summed E-state index contributed by atoms with van der Waals surface area (Å²) in [5.41, 5.74) is 7.42. The third-order valence-corrected chi connectivity index (χ3v) is 4.55. The zero-order chi connectivity index (χ0) is 12.4. The molecule has 3 rings (SSSR count). The summed E-state index contributed by atoms with van der Waals surface area (Å²) in [5.74, 6) is 0.819. The smallest absolute Gasteiger partial charge is 0.183 e. The average molecular weight is 260 g/mol. The second-order valence-corrected chi connectivity index (χ2v) is 6.08. The Morgan fingerprint density at radius 1 is 1.39 bits per heavy atom. The van der Waals surface area contributed by atoms with E-state index in [1.807, 2.05) is 6.07 Å². The summed E-state index contributed by atoms with van der Waals surface area (Å²) in [4.78, 5) is 4.53. The second kappa shape index (κ2) is 5.14. The molecule has 0 atom stereocenters. The van der Waals surface area contributed by atoms with Gasteiger partial charge in [0.1, 0.15) is 0 Å². The Kier molecular flexibility index (Phi) is 3.37. The first-order valence-electron chi connectivity index (χ1n) is 6.63. The molecule has 1 saturated carbocycles. The summed E-state index contributed by atoms with van der Waals surface area (Å²) < 4.78 is 1.11. The Morgan fingerprint density at radius 3 is 3.06 bits per heavy atom. The van der Waals surface area contributed by atoms with Crippen LogP contribution in [0.5, 0.6) is 0 Å². The predicted octanol–water partition coefficient (Wildman–Crippen LogP) is 3.67. The van der Waals surface area contributed by atoms with Gasteiger partial charge in [0, 0.05) is 18.3 Å². The molecule has 3 nitrogen and oxygen atoms in total. The lowest BCUT2D eigenvalue weighted by molar-refractivity contribution is 0.373. The highest BCUT2D eigenvalue weighted by Crippen LogP contribution is 2.29. The highest BCUT2D eigenvalue weighted by atomic mass is 32.1. The first-order chi connectivity index (χ1) is 8.81. The Labute approximate surface area is 111 Å². The maximum Gasteiger partial charge on any atom is 0.183 e. The van der Waals surface area contributed by atoms with Crippen LogP contribution in [0.15, 0.2) is 12.1 Å². The van der Waals surface area contributed by atoms with E-state index in [9.17, 15) is 0 Å². The van der Waals surface area contributed by atoms with Gasteiger partial charge in [-0.2, -0.15) is 0 Å². The molecule has 4 heteroatoms. The lowest BCUT2D eigenvalue weighted by Crippen LogP contribution is -2.16. The molecule has 1 aromatic heterocycles. The maximum atomic E-state index is 5.75. The monoisotopic (exact) mass is 260 g/mol. The van der Waals surface area contributed by atoms with Crippen LogP contribution in [0.3, 0.4) is 0 Å². The summed E-state index contributed by atoms with van der Waals surface area (Å²) in [6, 6.07) is 6.86. The van der Waals surface area contributed by atoms with E-state index >= 15 is 0 Å². The molecule has 0 amide bonds. The van der Waals surface area contributed by atoms with Crippen LogP contribution >= 0.6 is 11.3 Å². The van der Waals surface area contributed by atoms with Gasteiger partial charge in [-0.1, -0.05) is 30.6 Å². The number of anilines is 2.